The summed E-state index contributed by atoms with van der Waals surface area (Å²) < 4.78 is 1.85. The van der Waals surface area contributed by atoms with E-state index in [9.17, 15) is 9.59 Å². The van der Waals surface area contributed by atoms with Gasteiger partial charge < -0.3 is 4.98 Å². The maximum atomic E-state index is 12.2. The summed E-state index contributed by atoms with van der Waals surface area (Å²) in [4.78, 5) is 30.0. The fraction of sp³-hybridized carbons (Fsp3) is 0. The Bertz CT molecular complexity index is 883. The second kappa shape index (κ2) is 3.96. The molecule has 0 bridgehead atoms. The molecule has 0 aromatic carbocycles. The van der Waals surface area contributed by atoms with Crippen LogP contribution in [0.25, 0.3) is 16.2 Å². The van der Waals surface area contributed by atoms with Gasteiger partial charge in [0.05, 0.1) is 5.51 Å². The number of fused-ring (bicyclic) bond motifs is 1. The van der Waals surface area contributed by atoms with Gasteiger partial charge in [-0.3, -0.25) is 9.59 Å². The van der Waals surface area contributed by atoms with Crippen molar-refractivity contribution in [2.75, 3.05) is 0 Å². The molecule has 2 N–H and O–H groups in total. The molecule has 0 saturated heterocycles. The van der Waals surface area contributed by atoms with Crippen molar-refractivity contribution in [2.45, 2.75) is 0 Å². The van der Waals surface area contributed by atoms with Crippen molar-refractivity contribution in [2.24, 2.45) is 0 Å². The van der Waals surface area contributed by atoms with Gasteiger partial charge in [-0.25, -0.2) is 14.6 Å². The van der Waals surface area contributed by atoms with E-state index in [0.717, 1.165) is 0 Å². The number of nitrogens with zero attached hydrogens (tertiary/aromatic N) is 3. The van der Waals surface area contributed by atoms with Crippen LogP contribution < -0.4 is 11.1 Å². The van der Waals surface area contributed by atoms with Crippen molar-refractivity contribution in [1.29, 1.82) is 0 Å². The largest absolute Gasteiger partial charge is 0.315 e. The minimum absolute atomic E-state index is 0.179. The Hall–Kier alpha value is -2.13. The monoisotopic (exact) mass is 279 g/mol. The molecule has 7 nitrogen and oxygen atoms in total. The highest BCUT2D eigenvalue weighted by molar-refractivity contribution is 7.71. The second-order valence-electron chi connectivity index (χ2n) is 3.38. The summed E-state index contributed by atoms with van der Waals surface area (Å²) in [5, 5.41) is 6.04. The van der Waals surface area contributed by atoms with Gasteiger partial charge in [0, 0.05) is 6.07 Å². The minimum Gasteiger partial charge on any atom is -0.315 e. The maximum Gasteiger partial charge on any atom is 0.279 e. The summed E-state index contributed by atoms with van der Waals surface area (Å²) in [5.41, 5.74) is 1.36. The zero-order valence-corrected chi connectivity index (χ0v) is 10.3. The van der Waals surface area contributed by atoms with Gasteiger partial charge in [-0.05, 0) is 18.3 Å². The standard InChI is InChI=1S/C9H5N5O2S2/c15-5-2-1-4(12-13-5)14-8(16)6-7(10-3-18-6)11-9(14)17/h1-3H,(H,11,17)(H,13,15). The Morgan fingerprint density at radius 3 is 2.89 bits per heavy atom. The van der Waals surface area contributed by atoms with E-state index in [4.69, 9.17) is 12.2 Å². The van der Waals surface area contributed by atoms with Gasteiger partial charge in [0.2, 0.25) is 0 Å². The van der Waals surface area contributed by atoms with Crippen LogP contribution in [0.3, 0.4) is 0 Å². The third-order valence-corrected chi connectivity index (χ3v) is 3.39. The Kier molecular flexibility index (Phi) is 2.42. The van der Waals surface area contributed by atoms with E-state index in [0.29, 0.717) is 10.3 Å². The van der Waals surface area contributed by atoms with Crippen LogP contribution in [-0.4, -0.2) is 24.7 Å². The topological polar surface area (TPSA) is 96.4 Å². The van der Waals surface area contributed by atoms with Gasteiger partial charge in [-0.1, -0.05) is 0 Å². The van der Waals surface area contributed by atoms with Gasteiger partial charge in [0.15, 0.2) is 16.2 Å². The number of H-pyrrole nitrogens is 2. The molecular weight excluding hydrogens is 274 g/mol. The summed E-state index contributed by atoms with van der Waals surface area (Å²) in [6.45, 7) is 0. The van der Waals surface area contributed by atoms with Crippen LogP contribution >= 0.6 is 23.6 Å². The first-order valence-electron chi connectivity index (χ1n) is 4.81. The molecule has 0 aliphatic rings. The van der Waals surface area contributed by atoms with Crippen LogP contribution in [0.5, 0.6) is 0 Å². The van der Waals surface area contributed by atoms with Crippen molar-refractivity contribution in [1.82, 2.24) is 24.7 Å². The summed E-state index contributed by atoms with van der Waals surface area (Å²) in [5.74, 6) is 0.260. The molecule has 0 amide bonds. The molecule has 0 aliphatic carbocycles. The fourth-order valence-corrected chi connectivity index (χ4v) is 2.45. The van der Waals surface area contributed by atoms with Crippen LogP contribution in [0.4, 0.5) is 0 Å². The molecule has 3 aromatic rings. The number of thiazole rings is 1. The molecule has 3 rings (SSSR count). The van der Waals surface area contributed by atoms with Crippen LogP contribution in [0.1, 0.15) is 0 Å². The van der Waals surface area contributed by atoms with Gasteiger partial charge in [-0.2, -0.15) is 5.10 Å². The second-order valence-corrected chi connectivity index (χ2v) is 4.62. The molecule has 0 spiro atoms. The number of hydrogen-bond acceptors (Lipinski definition) is 6. The fourth-order valence-electron chi connectivity index (χ4n) is 1.51. The highest BCUT2D eigenvalue weighted by atomic mass is 32.1. The van der Waals surface area contributed by atoms with E-state index in [1.54, 1.807) is 5.51 Å². The van der Waals surface area contributed by atoms with Crippen LogP contribution in [0, 0.1) is 4.77 Å². The number of aromatic nitrogens is 5. The molecule has 0 radical (unpaired) electrons. The molecule has 3 heterocycles. The van der Waals surface area contributed by atoms with Crippen molar-refractivity contribution in [3.8, 4) is 5.82 Å². The molecular formula is C9H5N5O2S2. The van der Waals surface area contributed by atoms with Crippen LogP contribution in [0.2, 0.25) is 0 Å². The summed E-state index contributed by atoms with van der Waals surface area (Å²) >= 11 is 6.30. The Morgan fingerprint density at radius 1 is 1.33 bits per heavy atom. The van der Waals surface area contributed by atoms with Crippen molar-refractivity contribution < 1.29 is 0 Å². The average Bonchev–Trinajstić information content (AvgIpc) is 2.80. The van der Waals surface area contributed by atoms with Gasteiger partial charge in [0.25, 0.3) is 11.1 Å². The molecule has 18 heavy (non-hydrogen) atoms. The molecule has 0 unspecified atom stereocenters. The Balaban J connectivity index is 2.42. The van der Waals surface area contributed by atoms with Crippen molar-refractivity contribution in [3.05, 3.63) is 43.1 Å². The lowest BCUT2D eigenvalue weighted by molar-refractivity contribution is 0.845. The number of hydrogen-bond donors (Lipinski definition) is 2. The Morgan fingerprint density at radius 2 is 2.17 bits per heavy atom. The minimum atomic E-state index is -0.347. The predicted octanol–water partition coefficient (Wildman–Crippen LogP) is 0.588. The van der Waals surface area contributed by atoms with Gasteiger partial charge in [0.1, 0.15) is 4.70 Å². The van der Waals surface area contributed by atoms with Crippen molar-refractivity contribution in [3.63, 3.8) is 0 Å². The first kappa shape index (κ1) is 11.0. The van der Waals surface area contributed by atoms with E-state index in [2.05, 4.69) is 20.2 Å². The highest BCUT2D eigenvalue weighted by Crippen LogP contribution is 2.11. The molecule has 0 aliphatic heterocycles. The van der Waals surface area contributed by atoms with Gasteiger partial charge >= 0.3 is 0 Å². The lowest BCUT2D eigenvalue weighted by Gasteiger charge is -2.03. The molecule has 0 fully saturated rings. The van der Waals surface area contributed by atoms with Crippen LogP contribution in [-0.2, 0) is 0 Å². The number of aromatic amines is 2. The lowest BCUT2D eigenvalue weighted by atomic mass is 10.5. The third-order valence-electron chi connectivity index (χ3n) is 2.29. The molecule has 9 heteroatoms. The molecule has 3 aromatic heterocycles. The van der Waals surface area contributed by atoms with E-state index < -0.39 is 0 Å². The zero-order chi connectivity index (χ0) is 12.7. The van der Waals surface area contributed by atoms with Crippen molar-refractivity contribution >= 4 is 33.9 Å². The predicted molar refractivity (Wildman–Crippen MR) is 68.8 cm³/mol. The van der Waals surface area contributed by atoms with E-state index in [-0.39, 0.29) is 21.7 Å². The van der Waals surface area contributed by atoms with E-state index >= 15 is 0 Å². The smallest absolute Gasteiger partial charge is 0.279 e. The normalized spacial score (nSPS) is 10.9. The molecule has 0 saturated carbocycles. The third kappa shape index (κ3) is 1.60. The number of nitrogens with one attached hydrogen (secondary N) is 2. The summed E-state index contributed by atoms with van der Waals surface area (Å²) in [6, 6.07) is 2.71. The number of rotatable bonds is 1. The molecule has 0 atom stereocenters. The first-order chi connectivity index (χ1) is 8.66. The van der Waals surface area contributed by atoms with Crippen LogP contribution in [0.15, 0.2) is 27.2 Å². The van der Waals surface area contributed by atoms with Gasteiger partial charge in [-0.15, -0.1) is 11.3 Å². The Labute approximate surface area is 108 Å². The first-order valence-corrected chi connectivity index (χ1v) is 6.10. The SMILES string of the molecule is O=c1ccc(-n2c(=S)[nH]c3ncsc3c2=O)n[nH]1. The lowest BCUT2D eigenvalue weighted by Crippen LogP contribution is -2.22. The molecule has 90 valence electrons. The van der Waals surface area contributed by atoms with E-state index in [1.165, 1.54) is 28.0 Å². The maximum absolute atomic E-state index is 12.2. The average molecular weight is 279 g/mol. The zero-order valence-electron chi connectivity index (χ0n) is 8.71. The summed E-state index contributed by atoms with van der Waals surface area (Å²) in [7, 11) is 0. The highest BCUT2D eigenvalue weighted by Gasteiger charge is 2.10. The van der Waals surface area contributed by atoms with E-state index in [1.807, 2.05) is 0 Å². The summed E-state index contributed by atoms with van der Waals surface area (Å²) in [6.07, 6.45) is 0. The quantitative estimate of drug-likeness (QED) is 0.635.